The Hall–Kier alpha value is -1.28. The predicted octanol–water partition coefficient (Wildman–Crippen LogP) is 22.1. The zero-order valence-electron chi connectivity index (χ0n) is 53.6. The third kappa shape index (κ3) is 64.1. The SMILES string of the molecule is CCCCCCCCCC/C=C\CCCCCCCCCCCCCCCCCCCCCCCCCCCCCC(=O)NC(COP(=O)(O)OCC[N+](C)(C)C)C(O)/C=C/CC/C=C/CCCCCCCCCCCCCC. The third-order valence-corrected chi connectivity index (χ3v) is 17.1. The summed E-state index contributed by atoms with van der Waals surface area (Å²) in [5.74, 6) is -0.180. The lowest BCUT2D eigenvalue weighted by molar-refractivity contribution is -0.870. The molecule has 0 saturated carbocycles. The molecular weight excluding hydrogens is 996 g/mol. The summed E-state index contributed by atoms with van der Waals surface area (Å²) in [4.78, 5) is 23.4. The fourth-order valence-electron chi connectivity index (χ4n) is 10.6. The highest BCUT2D eigenvalue weighted by atomic mass is 31.2. The topological polar surface area (TPSA) is 105 Å². The Kier molecular flexibility index (Phi) is 60.3. The van der Waals surface area contributed by atoms with E-state index in [1.807, 2.05) is 27.2 Å². The maximum absolute atomic E-state index is 13.0. The van der Waals surface area contributed by atoms with E-state index in [1.54, 1.807) is 6.08 Å². The van der Waals surface area contributed by atoms with E-state index >= 15 is 0 Å². The first-order chi connectivity index (χ1) is 38.5. The molecule has 0 aliphatic carbocycles. The summed E-state index contributed by atoms with van der Waals surface area (Å²) in [5, 5.41) is 14.0. The van der Waals surface area contributed by atoms with Gasteiger partial charge in [-0.2, -0.15) is 0 Å². The van der Waals surface area contributed by atoms with Crippen LogP contribution < -0.4 is 5.32 Å². The van der Waals surface area contributed by atoms with Gasteiger partial charge >= 0.3 is 7.82 Å². The summed E-state index contributed by atoms with van der Waals surface area (Å²) in [6, 6.07) is -0.862. The van der Waals surface area contributed by atoms with Gasteiger partial charge in [0.25, 0.3) is 0 Å². The highest BCUT2D eigenvalue weighted by molar-refractivity contribution is 7.47. The molecule has 0 spiro atoms. The minimum Gasteiger partial charge on any atom is -0.387 e. The Labute approximate surface area is 493 Å². The molecule has 0 rings (SSSR count). The lowest BCUT2D eigenvalue weighted by atomic mass is 10.0. The molecule has 0 aromatic carbocycles. The van der Waals surface area contributed by atoms with Crippen molar-refractivity contribution in [2.45, 2.75) is 366 Å². The molecule has 8 nitrogen and oxygen atoms in total. The molecule has 3 atom stereocenters. The molecule has 0 radical (unpaired) electrons. The van der Waals surface area contributed by atoms with Gasteiger partial charge in [-0.15, -0.1) is 0 Å². The minimum absolute atomic E-state index is 0.0582. The molecule has 0 saturated heterocycles. The third-order valence-electron chi connectivity index (χ3n) is 16.1. The van der Waals surface area contributed by atoms with Gasteiger partial charge in [-0.3, -0.25) is 13.8 Å². The second kappa shape index (κ2) is 61.3. The molecule has 0 heterocycles. The van der Waals surface area contributed by atoms with Crippen LogP contribution in [0.15, 0.2) is 36.5 Å². The van der Waals surface area contributed by atoms with Gasteiger partial charge in [-0.1, -0.05) is 326 Å². The predicted molar refractivity (Wildman–Crippen MR) is 346 cm³/mol. The molecule has 1 amide bonds. The standard InChI is InChI=1S/C70H137N2O6P/c1-6-8-10-12-14-16-18-20-22-24-26-27-28-29-30-31-32-33-34-35-36-37-38-39-40-41-42-43-44-45-46-48-50-52-54-56-58-60-62-64-70(74)71-68(67-78-79(75,76)77-66-65-72(3,4)5)69(73)63-61-59-57-55-53-51-49-47-25-23-21-19-17-15-13-11-9-7-2/h24,26,53,55,61,63,68-69,73H,6-23,25,27-52,54,56-60,62,64-67H2,1-5H3,(H-,71,74,75,76)/p+1/b26-24-,55-53+,63-61+. The quantitative estimate of drug-likeness (QED) is 0.0243. The van der Waals surface area contributed by atoms with Crippen LogP contribution in [0.5, 0.6) is 0 Å². The Morgan fingerprint density at radius 3 is 1.01 bits per heavy atom. The summed E-state index contributed by atoms with van der Waals surface area (Å²) in [7, 11) is 1.57. The van der Waals surface area contributed by atoms with Gasteiger partial charge in [-0.25, -0.2) is 4.57 Å². The zero-order valence-corrected chi connectivity index (χ0v) is 54.5. The summed E-state index contributed by atoms with van der Waals surface area (Å²) < 4.78 is 23.8. The number of quaternary nitrogens is 1. The summed E-state index contributed by atoms with van der Waals surface area (Å²) in [5.41, 5.74) is 0. The number of hydrogen-bond acceptors (Lipinski definition) is 5. The van der Waals surface area contributed by atoms with Crippen molar-refractivity contribution in [3.8, 4) is 0 Å². The van der Waals surface area contributed by atoms with Gasteiger partial charge in [0.1, 0.15) is 13.2 Å². The number of likely N-dealkylation sites (N-methyl/N-ethyl adjacent to an activating group) is 1. The first-order valence-corrected chi connectivity index (χ1v) is 36.4. The number of rotatable bonds is 65. The molecule has 0 aliphatic rings. The Balaban J connectivity index is 3.92. The van der Waals surface area contributed by atoms with E-state index in [9.17, 15) is 19.4 Å². The van der Waals surface area contributed by atoms with Crippen molar-refractivity contribution in [3.63, 3.8) is 0 Å². The summed E-state index contributed by atoms with van der Waals surface area (Å²) >= 11 is 0. The van der Waals surface area contributed by atoms with Crippen molar-refractivity contribution in [2.75, 3.05) is 40.9 Å². The number of carbonyl (C=O) groups excluding carboxylic acids is 1. The van der Waals surface area contributed by atoms with Gasteiger partial charge in [0, 0.05) is 6.42 Å². The van der Waals surface area contributed by atoms with E-state index < -0.39 is 20.0 Å². The highest BCUT2D eigenvalue weighted by Gasteiger charge is 2.28. The lowest BCUT2D eigenvalue weighted by Crippen LogP contribution is -2.45. The summed E-state index contributed by atoms with van der Waals surface area (Å²) in [6.45, 7) is 4.84. The van der Waals surface area contributed by atoms with Crippen LogP contribution in [0.3, 0.4) is 0 Å². The van der Waals surface area contributed by atoms with Crippen molar-refractivity contribution in [1.29, 1.82) is 0 Å². The van der Waals surface area contributed by atoms with Crippen LogP contribution in [-0.2, 0) is 18.4 Å². The highest BCUT2D eigenvalue weighted by Crippen LogP contribution is 2.43. The molecule has 468 valence electrons. The van der Waals surface area contributed by atoms with Gasteiger partial charge < -0.3 is 19.8 Å². The van der Waals surface area contributed by atoms with E-state index in [0.717, 1.165) is 38.5 Å². The van der Waals surface area contributed by atoms with Crippen molar-refractivity contribution < 1.29 is 32.9 Å². The molecule has 3 N–H and O–H groups in total. The van der Waals surface area contributed by atoms with Crippen molar-refractivity contribution in [1.82, 2.24) is 5.32 Å². The number of phosphoric ester groups is 1. The number of aliphatic hydroxyl groups excluding tert-OH is 1. The number of aliphatic hydroxyl groups is 1. The Morgan fingerprint density at radius 2 is 0.696 bits per heavy atom. The molecule has 0 aromatic rings. The number of allylic oxidation sites excluding steroid dienone is 5. The number of carbonyl (C=O) groups is 1. The van der Waals surface area contributed by atoms with Crippen LogP contribution in [0.4, 0.5) is 0 Å². The van der Waals surface area contributed by atoms with E-state index in [-0.39, 0.29) is 19.1 Å². The van der Waals surface area contributed by atoms with Gasteiger partial charge in [0.05, 0.1) is 39.9 Å². The normalized spacial score (nSPS) is 13.9. The molecule has 3 unspecified atom stereocenters. The van der Waals surface area contributed by atoms with Crippen LogP contribution in [0.1, 0.15) is 354 Å². The number of unbranched alkanes of at least 4 members (excludes halogenated alkanes) is 48. The first kappa shape index (κ1) is 77.7. The van der Waals surface area contributed by atoms with E-state index in [4.69, 9.17) is 9.05 Å². The Bertz CT molecular complexity index is 1380. The van der Waals surface area contributed by atoms with Crippen LogP contribution in [-0.4, -0.2) is 73.4 Å². The van der Waals surface area contributed by atoms with Crippen LogP contribution in [0.2, 0.25) is 0 Å². The van der Waals surface area contributed by atoms with E-state index in [2.05, 4.69) is 43.5 Å². The first-order valence-electron chi connectivity index (χ1n) is 34.9. The zero-order chi connectivity index (χ0) is 57.7. The number of hydrogen-bond donors (Lipinski definition) is 3. The molecule has 0 fully saturated rings. The van der Waals surface area contributed by atoms with Gasteiger partial charge in [0.2, 0.25) is 5.91 Å². The van der Waals surface area contributed by atoms with Crippen LogP contribution in [0.25, 0.3) is 0 Å². The second-order valence-electron chi connectivity index (χ2n) is 25.3. The number of phosphoric acid groups is 1. The lowest BCUT2D eigenvalue weighted by Gasteiger charge is -2.25. The smallest absolute Gasteiger partial charge is 0.387 e. The molecule has 0 aliphatic heterocycles. The van der Waals surface area contributed by atoms with E-state index in [0.29, 0.717) is 17.4 Å². The van der Waals surface area contributed by atoms with Crippen LogP contribution >= 0.6 is 7.82 Å². The maximum Gasteiger partial charge on any atom is 0.472 e. The molecule has 79 heavy (non-hydrogen) atoms. The van der Waals surface area contributed by atoms with Crippen molar-refractivity contribution in [2.24, 2.45) is 0 Å². The average molecular weight is 1130 g/mol. The largest absolute Gasteiger partial charge is 0.472 e. The maximum atomic E-state index is 13.0. The molecule has 0 aromatic heterocycles. The monoisotopic (exact) mass is 1130 g/mol. The minimum atomic E-state index is -4.36. The van der Waals surface area contributed by atoms with E-state index in [1.165, 1.54) is 295 Å². The van der Waals surface area contributed by atoms with Crippen LogP contribution in [0, 0.1) is 0 Å². The van der Waals surface area contributed by atoms with Gasteiger partial charge in [-0.05, 0) is 57.8 Å². The fourth-order valence-corrected chi connectivity index (χ4v) is 11.4. The average Bonchev–Trinajstić information content (AvgIpc) is 3.42. The molecular formula is C70H138N2O6P+. The number of nitrogens with one attached hydrogen (secondary N) is 1. The van der Waals surface area contributed by atoms with Crippen molar-refractivity contribution in [3.05, 3.63) is 36.5 Å². The Morgan fingerprint density at radius 1 is 0.418 bits per heavy atom. The second-order valence-corrected chi connectivity index (χ2v) is 26.7. The molecule has 9 heteroatoms. The van der Waals surface area contributed by atoms with Crippen molar-refractivity contribution >= 4 is 13.7 Å². The number of amides is 1. The number of nitrogens with zero attached hydrogens (tertiary/aromatic N) is 1. The summed E-state index contributed by atoms with van der Waals surface area (Å²) in [6.07, 6.45) is 81.7. The fraction of sp³-hybridized carbons (Fsp3) is 0.900. The van der Waals surface area contributed by atoms with Gasteiger partial charge in [0.15, 0.2) is 0 Å². The molecule has 0 bridgehead atoms.